The highest BCUT2D eigenvalue weighted by atomic mass is 16.5. The molecule has 55 heavy (non-hydrogen) atoms. The van der Waals surface area contributed by atoms with E-state index in [0.29, 0.717) is 19.4 Å². The molecule has 0 radical (unpaired) electrons. The van der Waals surface area contributed by atoms with Gasteiger partial charge in [0.1, 0.15) is 6.10 Å². The van der Waals surface area contributed by atoms with E-state index < -0.39 is 0 Å². The molecule has 0 aromatic carbocycles. The van der Waals surface area contributed by atoms with Crippen molar-refractivity contribution in [3.05, 3.63) is 0 Å². The molecule has 0 rings (SSSR count). The second-order valence-corrected chi connectivity index (χ2v) is 16.6. The van der Waals surface area contributed by atoms with Gasteiger partial charge < -0.3 is 19.7 Å². The molecule has 1 amide bonds. The molecule has 0 aromatic rings. The largest absolute Gasteiger partial charge is 0.466 e. The summed E-state index contributed by atoms with van der Waals surface area (Å²) in [4.78, 5) is 38.7. The minimum absolute atomic E-state index is 0.0196. The first-order chi connectivity index (χ1) is 26.9. The van der Waals surface area contributed by atoms with E-state index in [1.165, 1.54) is 154 Å². The standard InChI is InChI=1S/C48H94N2O5/c1-5-8-11-14-17-26-35-44-54-47(52)38-29-22-18-24-32-41-50(43-34-31-40-49-45(4)51)42-33-25-19-23-30-39-48(53)55-46(36-27-20-15-12-9-6-2)37-28-21-16-13-10-7-3/h46H,5-44H2,1-4H3,(H,49,51). The number of esters is 2. The number of carbonyl (C=O) groups is 3. The van der Waals surface area contributed by atoms with Crippen molar-refractivity contribution in [3.63, 3.8) is 0 Å². The molecule has 0 fully saturated rings. The maximum absolute atomic E-state index is 12.8. The summed E-state index contributed by atoms with van der Waals surface area (Å²) in [6.07, 6.45) is 40.6. The van der Waals surface area contributed by atoms with Crippen LogP contribution >= 0.6 is 0 Å². The number of rotatable bonds is 44. The smallest absolute Gasteiger partial charge is 0.306 e. The number of nitrogens with zero attached hydrogens (tertiary/aromatic N) is 1. The molecule has 0 atom stereocenters. The fourth-order valence-electron chi connectivity index (χ4n) is 7.46. The molecule has 0 bridgehead atoms. The van der Waals surface area contributed by atoms with Crippen molar-refractivity contribution >= 4 is 17.8 Å². The Morgan fingerprint density at radius 2 is 0.836 bits per heavy atom. The first kappa shape index (κ1) is 53.4. The van der Waals surface area contributed by atoms with E-state index in [0.717, 1.165) is 84.0 Å². The first-order valence-electron chi connectivity index (χ1n) is 24.2. The number of amides is 1. The van der Waals surface area contributed by atoms with E-state index in [2.05, 4.69) is 31.0 Å². The minimum Gasteiger partial charge on any atom is -0.466 e. The highest BCUT2D eigenvalue weighted by Crippen LogP contribution is 2.19. The van der Waals surface area contributed by atoms with Crippen molar-refractivity contribution in [1.29, 1.82) is 0 Å². The highest BCUT2D eigenvalue weighted by molar-refractivity contribution is 5.72. The molecule has 0 unspecified atom stereocenters. The van der Waals surface area contributed by atoms with Crippen LogP contribution in [0.2, 0.25) is 0 Å². The Morgan fingerprint density at radius 3 is 1.31 bits per heavy atom. The van der Waals surface area contributed by atoms with E-state index in [4.69, 9.17) is 9.47 Å². The summed E-state index contributed by atoms with van der Waals surface area (Å²) < 4.78 is 11.5. The van der Waals surface area contributed by atoms with Gasteiger partial charge in [0.25, 0.3) is 0 Å². The van der Waals surface area contributed by atoms with Crippen molar-refractivity contribution < 1.29 is 23.9 Å². The molecule has 0 saturated heterocycles. The third-order valence-corrected chi connectivity index (χ3v) is 11.1. The summed E-state index contributed by atoms with van der Waals surface area (Å²) in [6, 6.07) is 0. The zero-order valence-electron chi connectivity index (χ0n) is 37.4. The Morgan fingerprint density at radius 1 is 0.455 bits per heavy atom. The lowest BCUT2D eigenvalue weighted by Gasteiger charge is -2.22. The molecule has 0 saturated carbocycles. The summed E-state index contributed by atoms with van der Waals surface area (Å²) in [5.74, 6) is 0.0430. The van der Waals surface area contributed by atoms with Crippen LogP contribution in [0, 0.1) is 0 Å². The second kappa shape index (κ2) is 43.5. The Kier molecular flexibility index (Phi) is 42.2. The topological polar surface area (TPSA) is 84.9 Å². The molecule has 0 aliphatic carbocycles. The number of ether oxygens (including phenoxy) is 2. The number of carbonyl (C=O) groups excluding carboxylic acids is 3. The average Bonchev–Trinajstić information content (AvgIpc) is 3.16. The molecule has 0 aliphatic rings. The van der Waals surface area contributed by atoms with E-state index in [1.807, 2.05) is 0 Å². The molecular formula is C48H94N2O5. The van der Waals surface area contributed by atoms with Crippen LogP contribution in [0.4, 0.5) is 0 Å². The molecule has 7 nitrogen and oxygen atoms in total. The summed E-state index contributed by atoms with van der Waals surface area (Å²) in [7, 11) is 0. The molecule has 0 heterocycles. The number of unbranched alkanes of at least 4 members (excludes halogenated alkanes) is 25. The van der Waals surface area contributed by atoms with Crippen LogP contribution in [-0.4, -0.2) is 61.6 Å². The Labute approximate surface area is 342 Å². The van der Waals surface area contributed by atoms with Crippen LogP contribution in [0.25, 0.3) is 0 Å². The van der Waals surface area contributed by atoms with Crippen molar-refractivity contribution in [2.45, 2.75) is 259 Å². The molecule has 326 valence electrons. The van der Waals surface area contributed by atoms with Crippen LogP contribution in [-0.2, 0) is 23.9 Å². The van der Waals surface area contributed by atoms with Gasteiger partial charge in [-0.15, -0.1) is 0 Å². The molecule has 1 N–H and O–H groups in total. The van der Waals surface area contributed by atoms with Gasteiger partial charge in [0.05, 0.1) is 6.61 Å². The second-order valence-electron chi connectivity index (χ2n) is 16.6. The van der Waals surface area contributed by atoms with Gasteiger partial charge in [0, 0.05) is 26.3 Å². The average molecular weight is 779 g/mol. The third-order valence-electron chi connectivity index (χ3n) is 11.1. The van der Waals surface area contributed by atoms with E-state index in [9.17, 15) is 14.4 Å². The SMILES string of the molecule is CCCCCCCCCOC(=O)CCCCCCCN(CCCCCCCC(=O)OC(CCCCCCCC)CCCCCCCC)CCCCNC(C)=O. The molecular weight excluding hydrogens is 685 g/mol. The Hall–Kier alpha value is -1.63. The molecule has 0 aliphatic heterocycles. The first-order valence-corrected chi connectivity index (χ1v) is 24.2. The maximum atomic E-state index is 12.8. The normalized spacial score (nSPS) is 11.5. The van der Waals surface area contributed by atoms with Gasteiger partial charge in [-0.2, -0.15) is 0 Å². The van der Waals surface area contributed by atoms with E-state index >= 15 is 0 Å². The summed E-state index contributed by atoms with van der Waals surface area (Å²) in [5.41, 5.74) is 0. The number of nitrogens with one attached hydrogen (secondary N) is 1. The summed E-state index contributed by atoms with van der Waals surface area (Å²) in [6.45, 7) is 13.0. The molecule has 0 aromatic heterocycles. The van der Waals surface area contributed by atoms with Gasteiger partial charge in [-0.05, 0) is 90.3 Å². The van der Waals surface area contributed by atoms with Gasteiger partial charge in [0.2, 0.25) is 5.91 Å². The van der Waals surface area contributed by atoms with Gasteiger partial charge in [-0.1, -0.05) is 162 Å². The Balaban J connectivity index is 4.28. The predicted molar refractivity (Wildman–Crippen MR) is 235 cm³/mol. The zero-order chi connectivity index (χ0) is 40.3. The van der Waals surface area contributed by atoms with Crippen LogP contribution < -0.4 is 5.32 Å². The zero-order valence-corrected chi connectivity index (χ0v) is 37.4. The van der Waals surface area contributed by atoms with E-state index in [-0.39, 0.29) is 23.9 Å². The fraction of sp³-hybridized carbons (Fsp3) is 0.938. The molecule has 7 heteroatoms. The van der Waals surface area contributed by atoms with Gasteiger partial charge >= 0.3 is 11.9 Å². The highest BCUT2D eigenvalue weighted by Gasteiger charge is 2.14. The number of hydrogen-bond acceptors (Lipinski definition) is 6. The van der Waals surface area contributed by atoms with E-state index in [1.54, 1.807) is 6.92 Å². The Bertz CT molecular complexity index is 821. The quantitative estimate of drug-likeness (QED) is 0.0490. The predicted octanol–water partition coefficient (Wildman–Crippen LogP) is 13.6. The lowest BCUT2D eigenvalue weighted by Crippen LogP contribution is -2.28. The van der Waals surface area contributed by atoms with Gasteiger partial charge in [-0.3, -0.25) is 14.4 Å². The lowest BCUT2D eigenvalue weighted by molar-refractivity contribution is -0.150. The minimum atomic E-state index is -0.0254. The third kappa shape index (κ3) is 41.8. The van der Waals surface area contributed by atoms with Gasteiger partial charge in [-0.25, -0.2) is 0 Å². The van der Waals surface area contributed by atoms with Crippen LogP contribution in [0.1, 0.15) is 252 Å². The van der Waals surface area contributed by atoms with Crippen molar-refractivity contribution in [2.75, 3.05) is 32.8 Å². The summed E-state index contributed by atoms with van der Waals surface area (Å²) >= 11 is 0. The van der Waals surface area contributed by atoms with Crippen molar-refractivity contribution in [2.24, 2.45) is 0 Å². The van der Waals surface area contributed by atoms with Crippen LogP contribution in [0.5, 0.6) is 0 Å². The van der Waals surface area contributed by atoms with Crippen molar-refractivity contribution in [1.82, 2.24) is 10.2 Å². The van der Waals surface area contributed by atoms with Crippen LogP contribution in [0.3, 0.4) is 0 Å². The van der Waals surface area contributed by atoms with Crippen molar-refractivity contribution in [3.8, 4) is 0 Å². The lowest BCUT2D eigenvalue weighted by atomic mass is 10.0. The monoisotopic (exact) mass is 779 g/mol. The van der Waals surface area contributed by atoms with Gasteiger partial charge in [0.15, 0.2) is 0 Å². The molecule has 0 spiro atoms. The maximum Gasteiger partial charge on any atom is 0.306 e. The fourth-order valence-corrected chi connectivity index (χ4v) is 7.46. The number of hydrogen-bond donors (Lipinski definition) is 1. The van der Waals surface area contributed by atoms with Crippen LogP contribution in [0.15, 0.2) is 0 Å². The summed E-state index contributed by atoms with van der Waals surface area (Å²) in [5, 5.41) is 2.93.